The fourth-order valence-corrected chi connectivity index (χ4v) is 1.42. The Morgan fingerprint density at radius 2 is 2.12 bits per heavy atom. The van der Waals surface area contributed by atoms with Crippen LogP contribution in [-0.4, -0.2) is 22.0 Å². The summed E-state index contributed by atoms with van der Waals surface area (Å²) in [6.45, 7) is 3.64. The summed E-state index contributed by atoms with van der Waals surface area (Å²) in [7, 11) is 0. The van der Waals surface area contributed by atoms with Gasteiger partial charge in [0.15, 0.2) is 5.17 Å². The average molecular weight is 236 g/mol. The maximum absolute atomic E-state index is 10.3. The van der Waals surface area contributed by atoms with Gasteiger partial charge in [-0.05, 0) is 17.7 Å². The van der Waals surface area contributed by atoms with Crippen molar-refractivity contribution in [2.75, 3.05) is 5.75 Å². The molecule has 5 heteroatoms. The highest BCUT2D eigenvalue weighted by Crippen LogP contribution is 2.15. The number of hydrogen-bond donors (Lipinski definition) is 2. The predicted octanol–water partition coefficient (Wildman–Crippen LogP) is 2.09. The largest absolute Gasteiger partial charge is 0.481 e. The van der Waals surface area contributed by atoms with Gasteiger partial charge < -0.3 is 10.8 Å². The number of amidine groups is 1. The van der Waals surface area contributed by atoms with Crippen LogP contribution in [0.5, 0.6) is 0 Å². The Labute approximate surface area is 97.9 Å². The Morgan fingerprint density at radius 3 is 2.62 bits per heavy atom. The average Bonchev–Trinajstić information content (AvgIpc) is 2.27. The van der Waals surface area contributed by atoms with Gasteiger partial charge >= 0.3 is 5.97 Å². The number of carboxylic acids is 1. The topological polar surface area (TPSA) is 75.7 Å². The highest BCUT2D eigenvalue weighted by molar-refractivity contribution is 8.14. The molecule has 0 aromatic heterocycles. The van der Waals surface area contributed by atoms with Crippen molar-refractivity contribution >= 4 is 34.7 Å². The molecule has 4 nitrogen and oxygen atoms in total. The van der Waals surface area contributed by atoms with Crippen molar-refractivity contribution in [3.8, 4) is 0 Å². The molecule has 3 N–H and O–H groups in total. The van der Waals surface area contributed by atoms with E-state index >= 15 is 0 Å². The summed E-state index contributed by atoms with van der Waals surface area (Å²) >= 11 is 0.997. The highest BCUT2D eigenvalue weighted by Gasteiger charge is 2.00. The fourth-order valence-electron chi connectivity index (χ4n) is 0.980. The van der Waals surface area contributed by atoms with Crippen LogP contribution >= 0.6 is 11.8 Å². The summed E-state index contributed by atoms with van der Waals surface area (Å²) in [6, 6.07) is 7.32. The minimum absolute atomic E-state index is 0.0833. The Balaban J connectivity index is 2.66. The van der Waals surface area contributed by atoms with Crippen LogP contribution in [-0.2, 0) is 4.79 Å². The minimum Gasteiger partial charge on any atom is -0.481 e. The Bertz CT molecular complexity index is 412. The van der Waals surface area contributed by atoms with Crippen molar-refractivity contribution < 1.29 is 9.90 Å². The van der Waals surface area contributed by atoms with E-state index in [9.17, 15) is 4.79 Å². The molecule has 0 atom stereocenters. The van der Waals surface area contributed by atoms with E-state index in [0.717, 1.165) is 17.3 Å². The zero-order chi connectivity index (χ0) is 12.0. The van der Waals surface area contributed by atoms with Crippen LogP contribution in [0.4, 0.5) is 5.69 Å². The molecule has 0 aliphatic rings. The molecule has 1 rings (SSSR count). The molecule has 0 aliphatic carbocycles. The van der Waals surface area contributed by atoms with Crippen LogP contribution < -0.4 is 5.73 Å². The van der Waals surface area contributed by atoms with Crippen molar-refractivity contribution in [3.63, 3.8) is 0 Å². The Hall–Kier alpha value is -1.75. The summed E-state index contributed by atoms with van der Waals surface area (Å²) in [5, 5.41) is 8.70. The zero-order valence-electron chi connectivity index (χ0n) is 8.59. The molecule has 16 heavy (non-hydrogen) atoms. The number of nitrogens with two attached hydrogens (primary N) is 1. The molecule has 0 spiro atoms. The number of rotatable bonds is 4. The number of aliphatic imine (C=N–C) groups is 1. The number of thioether (sulfide) groups is 1. The standard InChI is InChI=1S/C11H12N2O2S/c1-2-8-3-5-9(6-4-8)13-11(12)16-7-10(14)15/h2-6H,1,7H2,(H2,12,13)(H,14,15). The van der Waals surface area contributed by atoms with Gasteiger partial charge in [0, 0.05) is 0 Å². The summed E-state index contributed by atoms with van der Waals surface area (Å²) in [4.78, 5) is 14.4. The van der Waals surface area contributed by atoms with Gasteiger partial charge in [-0.3, -0.25) is 4.79 Å². The van der Waals surface area contributed by atoms with Gasteiger partial charge in [0.2, 0.25) is 0 Å². The van der Waals surface area contributed by atoms with Crippen LogP contribution in [0.1, 0.15) is 5.56 Å². The first-order chi connectivity index (χ1) is 7.61. The number of nitrogens with zero attached hydrogens (tertiary/aromatic N) is 1. The van der Waals surface area contributed by atoms with E-state index in [-0.39, 0.29) is 10.9 Å². The first-order valence-electron chi connectivity index (χ1n) is 4.53. The van der Waals surface area contributed by atoms with E-state index < -0.39 is 5.97 Å². The van der Waals surface area contributed by atoms with E-state index in [1.54, 1.807) is 18.2 Å². The van der Waals surface area contributed by atoms with E-state index in [2.05, 4.69) is 11.6 Å². The van der Waals surface area contributed by atoms with Gasteiger partial charge in [-0.25, -0.2) is 4.99 Å². The third kappa shape index (κ3) is 4.18. The summed E-state index contributed by atoms with van der Waals surface area (Å²) in [5.74, 6) is -0.995. The maximum Gasteiger partial charge on any atom is 0.313 e. The normalized spacial score (nSPS) is 11.1. The van der Waals surface area contributed by atoms with Gasteiger partial charge in [-0.1, -0.05) is 36.5 Å². The van der Waals surface area contributed by atoms with Crippen molar-refractivity contribution in [3.05, 3.63) is 36.4 Å². The van der Waals surface area contributed by atoms with Gasteiger partial charge in [-0.2, -0.15) is 0 Å². The van der Waals surface area contributed by atoms with Gasteiger partial charge in [0.1, 0.15) is 0 Å². The van der Waals surface area contributed by atoms with Gasteiger partial charge in [-0.15, -0.1) is 0 Å². The van der Waals surface area contributed by atoms with E-state index in [4.69, 9.17) is 10.8 Å². The molecule has 0 aliphatic heterocycles. The lowest BCUT2D eigenvalue weighted by Gasteiger charge is -1.99. The molecule has 0 saturated carbocycles. The molecular formula is C11H12N2O2S. The monoisotopic (exact) mass is 236 g/mol. The molecule has 84 valence electrons. The predicted molar refractivity (Wildman–Crippen MR) is 67.9 cm³/mol. The van der Waals surface area contributed by atoms with Crippen molar-refractivity contribution in [2.45, 2.75) is 0 Å². The lowest BCUT2D eigenvalue weighted by molar-refractivity contribution is -0.133. The first kappa shape index (κ1) is 12.3. The molecule has 0 saturated heterocycles. The van der Waals surface area contributed by atoms with Crippen LogP contribution in [0.25, 0.3) is 6.08 Å². The fraction of sp³-hybridized carbons (Fsp3) is 0.0909. The third-order valence-electron chi connectivity index (χ3n) is 1.71. The second-order valence-electron chi connectivity index (χ2n) is 2.93. The second kappa shape index (κ2) is 5.97. The number of hydrogen-bond acceptors (Lipinski definition) is 3. The molecule has 0 fully saturated rings. The minimum atomic E-state index is -0.912. The smallest absolute Gasteiger partial charge is 0.313 e. The highest BCUT2D eigenvalue weighted by atomic mass is 32.2. The molecule has 0 heterocycles. The van der Waals surface area contributed by atoms with Crippen molar-refractivity contribution in [1.82, 2.24) is 0 Å². The molecule has 0 radical (unpaired) electrons. The third-order valence-corrected chi connectivity index (χ3v) is 2.49. The number of carbonyl (C=O) groups is 1. The first-order valence-corrected chi connectivity index (χ1v) is 5.51. The van der Waals surface area contributed by atoms with E-state index in [0.29, 0.717) is 5.69 Å². The van der Waals surface area contributed by atoms with Crippen LogP contribution in [0.15, 0.2) is 35.8 Å². The van der Waals surface area contributed by atoms with Gasteiger partial charge in [0.05, 0.1) is 11.4 Å². The van der Waals surface area contributed by atoms with Crippen LogP contribution in [0.2, 0.25) is 0 Å². The molecule has 0 unspecified atom stereocenters. The number of carboxylic acid groups (broad SMARTS) is 1. The summed E-state index contributed by atoms with van der Waals surface area (Å²) in [6.07, 6.45) is 1.73. The summed E-state index contributed by atoms with van der Waals surface area (Å²) in [5.41, 5.74) is 7.25. The Morgan fingerprint density at radius 1 is 1.50 bits per heavy atom. The van der Waals surface area contributed by atoms with Crippen LogP contribution in [0, 0.1) is 0 Å². The number of benzene rings is 1. The number of aliphatic carboxylic acids is 1. The molecule has 0 amide bonds. The maximum atomic E-state index is 10.3. The van der Waals surface area contributed by atoms with Gasteiger partial charge in [0.25, 0.3) is 0 Å². The lowest BCUT2D eigenvalue weighted by Crippen LogP contribution is -2.10. The molecule has 1 aromatic rings. The Kier molecular flexibility index (Phi) is 4.60. The van der Waals surface area contributed by atoms with Crippen LogP contribution in [0.3, 0.4) is 0 Å². The molecule has 0 bridgehead atoms. The van der Waals surface area contributed by atoms with E-state index in [1.807, 2.05) is 12.1 Å². The lowest BCUT2D eigenvalue weighted by atomic mass is 10.2. The summed E-state index contributed by atoms with van der Waals surface area (Å²) < 4.78 is 0. The van der Waals surface area contributed by atoms with E-state index in [1.165, 1.54) is 0 Å². The second-order valence-corrected chi connectivity index (χ2v) is 3.92. The molecular weight excluding hydrogens is 224 g/mol. The van der Waals surface area contributed by atoms with Crippen molar-refractivity contribution in [2.24, 2.45) is 10.7 Å². The quantitative estimate of drug-likeness (QED) is 0.620. The molecule has 1 aromatic carbocycles. The zero-order valence-corrected chi connectivity index (χ0v) is 9.41. The van der Waals surface area contributed by atoms with Crippen molar-refractivity contribution in [1.29, 1.82) is 0 Å². The SMILES string of the molecule is C=Cc1ccc(N=C(N)SCC(=O)O)cc1.